The maximum atomic E-state index is 5.14. The van der Waals surface area contributed by atoms with Gasteiger partial charge in [-0.25, -0.2) is 9.97 Å². The fourth-order valence-electron chi connectivity index (χ4n) is 7.85. The molecule has 6 heteroatoms. The summed E-state index contributed by atoms with van der Waals surface area (Å²) in [6, 6.07) is 47.3. The van der Waals surface area contributed by atoms with Gasteiger partial charge in [0.1, 0.15) is 11.2 Å². The molecule has 47 heavy (non-hydrogen) atoms. The van der Waals surface area contributed by atoms with E-state index in [1.807, 2.05) is 30.6 Å². The highest BCUT2D eigenvalue weighted by molar-refractivity contribution is 6.32. The lowest BCUT2D eigenvalue weighted by Crippen LogP contribution is -1.98. The molecule has 6 nitrogen and oxygen atoms in total. The first kappa shape index (κ1) is 24.8. The zero-order chi connectivity index (χ0) is 30.6. The van der Waals surface area contributed by atoms with Crippen molar-refractivity contribution >= 4 is 82.2 Å². The maximum Gasteiger partial charge on any atom is 0.165 e. The minimum absolute atomic E-state index is 0.835. The number of hydrogen-bond acceptors (Lipinski definition) is 3. The average Bonchev–Trinajstić information content (AvgIpc) is 3.80. The van der Waals surface area contributed by atoms with Gasteiger partial charge in [-0.2, -0.15) is 0 Å². The molecule has 218 valence electrons. The first-order valence-electron chi connectivity index (χ1n) is 15.8. The van der Waals surface area contributed by atoms with Gasteiger partial charge in [-0.15, -0.1) is 0 Å². The van der Waals surface area contributed by atoms with Gasteiger partial charge >= 0.3 is 0 Å². The number of hydrogen-bond donors (Lipinski definition) is 0. The molecule has 0 unspecified atom stereocenters. The molecule has 0 saturated heterocycles. The van der Waals surface area contributed by atoms with Crippen molar-refractivity contribution in [1.29, 1.82) is 0 Å². The largest absolute Gasteiger partial charge is 0.309 e. The summed E-state index contributed by atoms with van der Waals surface area (Å²) in [5.74, 6) is 0. The van der Waals surface area contributed by atoms with Crippen LogP contribution in [0.15, 0.2) is 146 Å². The van der Waals surface area contributed by atoms with Crippen molar-refractivity contribution in [3.05, 3.63) is 146 Å². The maximum absolute atomic E-state index is 5.14. The standard InChI is InChI=1S/C41H24N6/c1-3-11-25(12-4-1)45-32-17-8-7-15-29(32)35-33(45)22-21-28-27-19-20-30-36(39(27)46(38(28)35)26-13-5-2-6-14-26)37-34(18-10-23-42-37)47-40(30)44-31-16-9-24-43-41(31)47/h1-24H. The molecule has 0 spiro atoms. The Labute approximate surface area is 267 Å². The molecule has 0 radical (unpaired) electrons. The first-order chi connectivity index (χ1) is 23.4. The Kier molecular flexibility index (Phi) is 4.75. The molecule has 0 N–H and O–H groups in total. The third kappa shape index (κ3) is 3.16. The Morgan fingerprint density at radius 1 is 0.404 bits per heavy atom. The molecular formula is C41H24N6. The summed E-state index contributed by atoms with van der Waals surface area (Å²) in [7, 11) is 0. The van der Waals surface area contributed by atoms with Crippen LogP contribution in [0.2, 0.25) is 0 Å². The monoisotopic (exact) mass is 600 g/mol. The van der Waals surface area contributed by atoms with Crippen LogP contribution in [0.4, 0.5) is 0 Å². The van der Waals surface area contributed by atoms with Crippen LogP contribution in [0, 0.1) is 0 Å². The number of aromatic nitrogens is 6. The number of rotatable bonds is 2. The molecule has 11 aromatic rings. The highest BCUT2D eigenvalue weighted by Gasteiger charge is 2.24. The molecule has 0 bridgehead atoms. The van der Waals surface area contributed by atoms with Gasteiger partial charge in [0.05, 0.1) is 33.1 Å². The topological polar surface area (TPSA) is 52.9 Å². The van der Waals surface area contributed by atoms with E-state index in [1.54, 1.807) is 0 Å². The van der Waals surface area contributed by atoms with Gasteiger partial charge in [0.2, 0.25) is 0 Å². The lowest BCUT2D eigenvalue weighted by Gasteiger charge is -2.13. The van der Waals surface area contributed by atoms with Gasteiger partial charge in [-0.05, 0) is 66.7 Å². The second-order valence-electron chi connectivity index (χ2n) is 12.1. The summed E-state index contributed by atoms with van der Waals surface area (Å²) < 4.78 is 7.01. The van der Waals surface area contributed by atoms with Crippen molar-refractivity contribution in [1.82, 2.24) is 28.5 Å². The second kappa shape index (κ2) is 9.02. The average molecular weight is 601 g/mol. The number of para-hydroxylation sites is 3. The zero-order valence-corrected chi connectivity index (χ0v) is 25.0. The number of imidazole rings is 1. The highest BCUT2D eigenvalue weighted by Crippen LogP contribution is 2.45. The molecule has 0 aliphatic carbocycles. The van der Waals surface area contributed by atoms with Gasteiger partial charge in [-0.1, -0.05) is 66.7 Å². The fourth-order valence-corrected chi connectivity index (χ4v) is 7.85. The SMILES string of the molecule is c1ccc(-n2c3ccccc3c3c2ccc2c4ccc5c(c6ncccc6n6c7ncccc7nc56)c4n(-c4ccccc4)c23)cc1. The number of fused-ring (bicyclic) bond motifs is 16. The molecule has 11 rings (SSSR count). The Morgan fingerprint density at radius 2 is 1.04 bits per heavy atom. The van der Waals surface area contributed by atoms with Crippen LogP contribution in [0.3, 0.4) is 0 Å². The predicted octanol–water partition coefficient (Wildman–Crippen LogP) is 9.78. The van der Waals surface area contributed by atoms with E-state index >= 15 is 0 Å². The van der Waals surface area contributed by atoms with Gasteiger partial charge in [-0.3, -0.25) is 9.38 Å². The minimum Gasteiger partial charge on any atom is -0.309 e. The molecule has 0 atom stereocenters. The Hall–Kier alpha value is -6.53. The van der Waals surface area contributed by atoms with Crippen molar-refractivity contribution in [3.8, 4) is 11.4 Å². The van der Waals surface area contributed by atoms with Crippen molar-refractivity contribution in [2.24, 2.45) is 0 Å². The van der Waals surface area contributed by atoms with E-state index in [0.717, 1.165) is 55.5 Å². The Morgan fingerprint density at radius 3 is 1.87 bits per heavy atom. The van der Waals surface area contributed by atoms with Crippen LogP contribution in [-0.2, 0) is 0 Å². The second-order valence-corrected chi connectivity index (χ2v) is 12.1. The molecule has 0 fully saturated rings. The van der Waals surface area contributed by atoms with E-state index in [2.05, 4.69) is 129 Å². The quantitative estimate of drug-likeness (QED) is 0.186. The molecule has 0 saturated carbocycles. The Bertz CT molecular complexity index is 3060. The van der Waals surface area contributed by atoms with E-state index in [-0.39, 0.29) is 0 Å². The first-order valence-corrected chi connectivity index (χ1v) is 15.8. The van der Waals surface area contributed by atoms with E-state index in [4.69, 9.17) is 15.0 Å². The van der Waals surface area contributed by atoms with E-state index < -0.39 is 0 Å². The molecule has 6 heterocycles. The summed E-state index contributed by atoms with van der Waals surface area (Å²) in [4.78, 5) is 15.0. The van der Waals surface area contributed by atoms with Gasteiger partial charge in [0, 0.05) is 56.1 Å². The van der Waals surface area contributed by atoms with Gasteiger partial charge in [0.25, 0.3) is 0 Å². The van der Waals surface area contributed by atoms with Crippen molar-refractivity contribution in [2.75, 3.05) is 0 Å². The van der Waals surface area contributed by atoms with Crippen LogP contribution in [0.25, 0.3) is 93.6 Å². The van der Waals surface area contributed by atoms with Crippen molar-refractivity contribution in [3.63, 3.8) is 0 Å². The highest BCUT2D eigenvalue weighted by atomic mass is 15.1. The lowest BCUT2D eigenvalue weighted by molar-refractivity contribution is 1.17. The molecule has 0 aliphatic rings. The third-order valence-corrected chi connectivity index (χ3v) is 9.68. The summed E-state index contributed by atoms with van der Waals surface area (Å²) >= 11 is 0. The van der Waals surface area contributed by atoms with Crippen molar-refractivity contribution < 1.29 is 0 Å². The predicted molar refractivity (Wildman–Crippen MR) is 192 cm³/mol. The van der Waals surface area contributed by atoms with E-state index in [9.17, 15) is 0 Å². The summed E-state index contributed by atoms with van der Waals surface area (Å²) in [5, 5.41) is 6.96. The number of pyridine rings is 3. The zero-order valence-electron chi connectivity index (χ0n) is 25.0. The third-order valence-electron chi connectivity index (χ3n) is 9.68. The molecule has 0 amide bonds. The Balaban J connectivity index is 1.44. The molecule has 6 aromatic heterocycles. The summed E-state index contributed by atoms with van der Waals surface area (Å²) in [6.07, 6.45) is 3.72. The molecule has 5 aromatic carbocycles. The van der Waals surface area contributed by atoms with Crippen molar-refractivity contribution in [2.45, 2.75) is 0 Å². The summed E-state index contributed by atoms with van der Waals surface area (Å²) in [6.45, 7) is 0. The fraction of sp³-hybridized carbons (Fsp3) is 0. The van der Waals surface area contributed by atoms with E-state index in [1.165, 1.54) is 38.1 Å². The minimum atomic E-state index is 0.835. The smallest absolute Gasteiger partial charge is 0.165 e. The van der Waals surface area contributed by atoms with Crippen LogP contribution in [-0.4, -0.2) is 28.5 Å². The number of benzene rings is 5. The summed E-state index contributed by atoms with van der Waals surface area (Å²) in [5.41, 5.74) is 11.4. The van der Waals surface area contributed by atoms with Crippen LogP contribution in [0.5, 0.6) is 0 Å². The van der Waals surface area contributed by atoms with Crippen LogP contribution < -0.4 is 0 Å². The molecule has 0 aliphatic heterocycles. The van der Waals surface area contributed by atoms with Gasteiger partial charge < -0.3 is 9.13 Å². The molecular weight excluding hydrogens is 576 g/mol. The van der Waals surface area contributed by atoms with Crippen LogP contribution >= 0.6 is 0 Å². The van der Waals surface area contributed by atoms with Gasteiger partial charge in [0.15, 0.2) is 5.65 Å². The number of nitrogens with zero attached hydrogens (tertiary/aromatic N) is 6. The normalized spacial score (nSPS) is 12.3. The lowest BCUT2D eigenvalue weighted by atomic mass is 10.0. The van der Waals surface area contributed by atoms with Crippen LogP contribution in [0.1, 0.15) is 0 Å². The van der Waals surface area contributed by atoms with E-state index in [0.29, 0.717) is 0 Å².